The second-order valence-corrected chi connectivity index (χ2v) is 5.48. The van der Waals surface area contributed by atoms with Crippen LogP contribution in [0, 0.1) is 0 Å². The van der Waals surface area contributed by atoms with E-state index in [-0.39, 0.29) is 5.41 Å². The molecule has 1 aromatic rings. The predicted molar refractivity (Wildman–Crippen MR) is 68.5 cm³/mol. The number of nitrogens with two attached hydrogens (primary N) is 1. The molecule has 0 aliphatic heterocycles. The van der Waals surface area contributed by atoms with Gasteiger partial charge >= 0.3 is 0 Å². The van der Waals surface area contributed by atoms with Crippen LogP contribution in [0.5, 0.6) is 0 Å². The monoisotopic (exact) mass is 226 g/mol. The topological polar surface area (TPSA) is 38.0 Å². The summed E-state index contributed by atoms with van der Waals surface area (Å²) in [5.74, 6) is 0. The molecule has 0 saturated heterocycles. The van der Waals surface area contributed by atoms with Crippen LogP contribution in [0.4, 0.5) is 0 Å². The van der Waals surface area contributed by atoms with Crippen LogP contribution in [-0.4, -0.2) is 19.6 Å². The van der Waals surface area contributed by atoms with Gasteiger partial charge in [0.25, 0.3) is 0 Å². The third kappa shape index (κ3) is 4.33. The summed E-state index contributed by atoms with van der Waals surface area (Å²) in [7, 11) is 0. The van der Waals surface area contributed by atoms with E-state index in [0.717, 1.165) is 26.1 Å². The van der Waals surface area contributed by atoms with Gasteiger partial charge < -0.3 is 11.1 Å². The van der Waals surface area contributed by atoms with Gasteiger partial charge in [0.1, 0.15) is 0 Å². The molecule has 0 atom stereocenters. The zero-order valence-corrected chi connectivity index (χ0v) is 10.6. The average Bonchev–Trinajstić information content (AvgIpc) is 2.70. The Bertz CT molecular complexity index is 255. The van der Waals surface area contributed by atoms with E-state index in [1.165, 1.54) is 11.3 Å². The minimum absolute atomic E-state index is 0.247. The van der Waals surface area contributed by atoms with Crippen LogP contribution in [0.15, 0.2) is 17.5 Å². The average molecular weight is 226 g/mol. The van der Waals surface area contributed by atoms with Gasteiger partial charge in [-0.1, -0.05) is 19.9 Å². The highest BCUT2D eigenvalue weighted by molar-refractivity contribution is 7.10. The molecule has 0 fully saturated rings. The highest BCUT2D eigenvalue weighted by Gasteiger charge is 2.20. The van der Waals surface area contributed by atoms with Crippen molar-refractivity contribution in [3.8, 4) is 0 Å². The fourth-order valence-electron chi connectivity index (χ4n) is 1.55. The van der Waals surface area contributed by atoms with Crippen LogP contribution in [0.2, 0.25) is 0 Å². The Morgan fingerprint density at radius 1 is 1.40 bits per heavy atom. The zero-order chi connectivity index (χ0) is 11.1. The van der Waals surface area contributed by atoms with E-state index >= 15 is 0 Å². The van der Waals surface area contributed by atoms with Gasteiger partial charge in [-0.05, 0) is 37.4 Å². The van der Waals surface area contributed by atoms with Crippen molar-refractivity contribution in [3.63, 3.8) is 0 Å². The standard InChI is InChI=1S/C12H22N2S/c1-12(2,11-6-5-9-15-11)10-14-8-4-3-7-13/h5-6,9,14H,3-4,7-8,10,13H2,1-2H3. The van der Waals surface area contributed by atoms with Gasteiger partial charge in [-0.15, -0.1) is 11.3 Å². The quantitative estimate of drug-likeness (QED) is 0.700. The molecule has 0 amide bonds. The molecule has 3 heteroatoms. The van der Waals surface area contributed by atoms with Crippen LogP contribution in [-0.2, 0) is 5.41 Å². The van der Waals surface area contributed by atoms with Crippen molar-refractivity contribution in [3.05, 3.63) is 22.4 Å². The molecule has 0 unspecified atom stereocenters. The van der Waals surface area contributed by atoms with Gasteiger partial charge in [-0.2, -0.15) is 0 Å². The first-order chi connectivity index (χ1) is 7.17. The van der Waals surface area contributed by atoms with Crippen LogP contribution in [0.25, 0.3) is 0 Å². The van der Waals surface area contributed by atoms with Crippen molar-refractivity contribution in [2.24, 2.45) is 5.73 Å². The maximum absolute atomic E-state index is 5.45. The summed E-state index contributed by atoms with van der Waals surface area (Å²) in [4.78, 5) is 1.45. The van der Waals surface area contributed by atoms with E-state index in [9.17, 15) is 0 Å². The lowest BCUT2D eigenvalue weighted by atomic mass is 9.91. The molecule has 1 rings (SSSR count). The lowest BCUT2D eigenvalue weighted by Gasteiger charge is -2.23. The molecular formula is C12H22N2S. The van der Waals surface area contributed by atoms with Crippen LogP contribution >= 0.6 is 11.3 Å². The molecule has 0 aromatic carbocycles. The van der Waals surface area contributed by atoms with Gasteiger partial charge in [0, 0.05) is 16.8 Å². The Labute approximate surface area is 96.9 Å². The molecule has 86 valence electrons. The predicted octanol–water partition coefficient (Wildman–Crippen LogP) is 2.35. The van der Waals surface area contributed by atoms with E-state index < -0.39 is 0 Å². The summed E-state index contributed by atoms with van der Waals surface area (Å²) in [5, 5.41) is 5.64. The number of thiophene rings is 1. The third-order valence-electron chi connectivity index (χ3n) is 2.56. The molecule has 0 bridgehead atoms. The number of unbranched alkanes of at least 4 members (excludes halogenated alkanes) is 1. The molecule has 0 saturated carbocycles. The molecular weight excluding hydrogens is 204 g/mol. The van der Waals surface area contributed by atoms with Crippen molar-refractivity contribution in [2.75, 3.05) is 19.6 Å². The molecule has 3 N–H and O–H groups in total. The Morgan fingerprint density at radius 2 is 2.20 bits per heavy atom. The fourth-order valence-corrected chi connectivity index (χ4v) is 2.40. The highest BCUT2D eigenvalue weighted by atomic mass is 32.1. The minimum Gasteiger partial charge on any atom is -0.330 e. The molecule has 0 radical (unpaired) electrons. The first kappa shape index (κ1) is 12.7. The number of hydrogen-bond donors (Lipinski definition) is 2. The van der Waals surface area contributed by atoms with Crippen LogP contribution in [0.3, 0.4) is 0 Å². The summed E-state index contributed by atoms with van der Waals surface area (Å²) in [6.07, 6.45) is 2.30. The summed E-state index contributed by atoms with van der Waals surface area (Å²) in [6, 6.07) is 4.34. The zero-order valence-electron chi connectivity index (χ0n) is 9.75. The van der Waals surface area contributed by atoms with Crippen molar-refractivity contribution in [1.29, 1.82) is 0 Å². The summed E-state index contributed by atoms with van der Waals surface area (Å²) >= 11 is 1.84. The van der Waals surface area contributed by atoms with Gasteiger partial charge in [-0.25, -0.2) is 0 Å². The third-order valence-corrected chi connectivity index (χ3v) is 3.80. The SMILES string of the molecule is CC(C)(CNCCCCN)c1cccs1. The molecule has 2 nitrogen and oxygen atoms in total. The molecule has 0 aliphatic carbocycles. The molecule has 15 heavy (non-hydrogen) atoms. The van der Waals surface area contributed by atoms with Crippen LogP contribution < -0.4 is 11.1 Å². The van der Waals surface area contributed by atoms with Gasteiger partial charge in [0.15, 0.2) is 0 Å². The van der Waals surface area contributed by atoms with Gasteiger partial charge in [-0.3, -0.25) is 0 Å². The van der Waals surface area contributed by atoms with Crippen molar-refractivity contribution in [1.82, 2.24) is 5.32 Å². The van der Waals surface area contributed by atoms with E-state index in [1.807, 2.05) is 11.3 Å². The maximum Gasteiger partial charge on any atom is 0.0115 e. The molecule has 0 aliphatic rings. The lowest BCUT2D eigenvalue weighted by molar-refractivity contribution is 0.471. The maximum atomic E-state index is 5.45. The summed E-state index contributed by atoms with van der Waals surface area (Å²) < 4.78 is 0. The first-order valence-corrected chi connectivity index (χ1v) is 6.49. The van der Waals surface area contributed by atoms with Crippen LogP contribution in [0.1, 0.15) is 31.6 Å². The Kier molecular flexibility index (Phi) is 5.29. The highest BCUT2D eigenvalue weighted by Crippen LogP contribution is 2.26. The Hall–Kier alpha value is -0.380. The summed E-state index contributed by atoms with van der Waals surface area (Å²) in [6.45, 7) is 7.49. The lowest BCUT2D eigenvalue weighted by Crippen LogP contribution is -2.32. The smallest absolute Gasteiger partial charge is 0.0115 e. The van der Waals surface area contributed by atoms with Crippen molar-refractivity contribution < 1.29 is 0 Å². The Morgan fingerprint density at radius 3 is 2.80 bits per heavy atom. The summed E-state index contributed by atoms with van der Waals surface area (Å²) in [5.41, 5.74) is 5.69. The first-order valence-electron chi connectivity index (χ1n) is 5.61. The number of rotatable bonds is 7. The van der Waals surface area contributed by atoms with Gasteiger partial charge in [0.2, 0.25) is 0 Å². The normalized spacial score (nSPS) is 11.9. The Balaban J connectivity index is 2.25. The van der Waals surface area contributed by atoms with Crippen molar-refractivity contribution >= 4 is 11.3 Å². The molecule has 0 spiro atoms. The van der Waals surface area contributed by atoms with Gasteiger partial charge in [0.05, 0.1) is 0 Å². The number of nitrogens with one attached hydrogen (secondary N) is 1. The molecule has 1 heterocycles. The largest absolute Gasteiger partial charge is 0.330 e. The van der Waals surface area contributed by atoms with E-state index in [2.05, 4.69) is 36.7 Å². The van der Waals surface area contributed by atoms with E-state index in [0.29, 0.717) is 0 Å². The van der Waals surface area contributed by atoms with E-state index in [1.54, 1.807) is 0 Å². The second kappa shape index (κ2) is 6.26. The second-order valence-electron chi connectivity index (χ2n) is 4.53. The van der Waals surface area contributed by atoms with Crippen molar-refractivity contribution in [2.45, 2.75) is 32.1 Å². The number of hydrogen-bond acceptors (Lipinski definition) is 3. The minimum atomic E-state index is 0.247. The molecule has 1 aromatic heterocycles. The fraction of sp³-hybridized carbons (Fsp3) is 0.667. The van der Waals surface area contributed by atoms with E-state index in [4.69, 9.17) is 5.73 Å².